The molecule has 0 aliphatic rings. The number of anilines is 1. The van der Waals surface area contributed by atoms with Gasteiger partial charge in [-0.25, -0.2) is 0 Å². The second-order valence-electron chi connectivity index (χ2n) is 5.11. The molecule has 20 heavy (non-hydrogen) atoms. The molecule has 1 aromatic heterocycles. The summed E-state index contributed by atoms with van der Waals surface area (Å²) in [6.45, 7) is 4.03. The minimum atomic E-state index is -0.170. The van der Waals surface area contributed by atoms with Crippen molar-refractivity contribution in [2.24, 2.45) is 7.05 Å². The number of nitrogens with two attached hydrogens (primary N) is 1. The van der Waals surface area contributed by atoms with Crippen molar-refractivity contribution >= 4 is 11.6 Å². The van der Waals surface area contributed by atoms with E-state index in [1.807, 2.05) is 38.1 Å². The Kier molecular flexibility index (Phi) is 3.79. The number of benzene rings is 1. The summed E-state index contributed by atoms with van der Waals surface area (Å²) >= 11 is 0. The van der Waals surface area contributed by atoms with Crippen LogP contribution in [-0.2, 0) is 7.05 Å². The van der Waals surface area contributed by atoms with Crippen molar-refractivity contribution in [3.63, 3.8) is 0 Å². The van der Waals surface area contributed by atoms with Gasteiger partial charge in [-0.1, -0.05) is 29.8 Å². The van der Waals surface area contributed by atoms with Crippen LogP contribution >= 0.6 is 0 Å². The number of rotatable bonds is 3. The Labute approximate surface area is 119 Å². The lowest BCUT2D eigenvalue weighted by Crippen LogP contribution is -2.30. The molecule has 1 aromatic carbocycles. The molecular formula is C15H20N4O. The summed E-state index contributed by atoms with van der Waals surface area (Å²) in [6, 6.07) is 8.11. The number of nitrogens with zero attached hydrogens (tertiary/aromatic N) is 3. The third kappa shape index (κ3) is 2.66. The second-order valence-corrected chi connectivity index (χ2v) is 5.11. The Balaban J connectivity index is 2.22. The molecule has 1 unspecified atom stereocenters. The van der Waals surface area contributed by atoms with Gasteiger partial charge in [-0.2, -0.15) is 5.10 Å². The molecule has 0 spiro atoms. The third-order valence-electron chi connectivity index (χ3n) is 3.52. The maximum Gasteiger partial charge on any atom is 0.276 e. The van der Waals surface area contributed by atoms with Gasteiger partial charge in [0.1, 0.15) is 0 Å². The molecule has 1 heterocycles. The van der Waals surface area contributed by atoms with Crippen molar-refractivity contribution in [3.8, 4) is 0 Å². The summed E-state index contributed by atoms with van der Waals surface area (Å²) in [4.78, 5) is 14.1. The van der Waals surface area contributed by atoms with Crippen LogP contribution < -0.4 is 5.73 Å². The molecule has 2 aromatic rings. The molecular weight excluding hydrogens is 252 g/mol. The van der Waals surface area contributed by atoms with E-state index >= 15 is 0 Å². The maximum absolute atomic E-state index is 12.4. The van der Waals surface area contributed by atoms with Crippen LogP contribution in [0, 0.1) is 6.92 Å². The minimum absolute atomic E-state index is 0.0375. The molecule has 0 saturated heterocycles. The topological polar surface area (TPSA) is 64.2 Å². The van der Waals surface area contributed by atoms with Gasteiger partial charge in [-0.3, -0.25) is 9.48 Å². The number of carbonyl (C=O) groups is 1. The second kappa shape index (κ2) is 5.36. The molecule has 0 radical (unpaired) electrons. The fourth-order valence-corrected chi connectivity index (χ4v) is 2.08. The lowest BCUT2D eigenvalue weighted by atomic mass is 10.1. The van der Waals surface area contributed by atoms with Crippen LogP contribution in [-0.4, -0.2) is 27.6 Å². The number of hydrogen-bond donors (Lipinski definition) is 1. The zero-order chi connectivity index (χ0) is 14.9. The minimum Gasteiger partial charge on any atom is -0.396 e. The molecule has 2 N–H and O–H groups in total. The van der Waals surface area contributed by atoms with E-state index in [0.29, 0.717) is 11.4 Å². The number of aryl methyl sites for hydroxylation is 2. The van der Waals surface area contributed by atoms with Gasteiger partial charge in [0.15, 0.2) is 5.69 Å². The third-order valence-corrected chi connectivity index (χ3v) is 3.52. The van der Waals surface area contributed by atoms with Crippen LogP contribution in [0.1, 0.15) is 34.6 Å². The first kappa shape index (κ1) is 14.1. The van der Waals surface area contributed by atoms with Gasteiger partial charge in [-0.05, 0) is 19.4 Å². The number of amides is 1. The van der Waals surface area contributed by atoms with E-state index in [1.165, 1.54) is 5.56 Å². The molecule has 5 heteroatoms. The Hall–Kier alpha value is -2.30. The van der Waals surface area contributed by atoms with Gasteiger partial charge < -0.3 is 10.6 Å². The van der Waals surface area contributed by atoms with E-state index in [4.69, 9.17) is 5.73 Å². The fraction of sp³-hybridized carbons (Fsp3) is 0.333. The normalized spacial score (nSPS) is 12.2. The van der Waals surface area contributed by atoms with Crippen molar-refractivity contribution in [1.82, 2.24) is 14.7 Å². The lowest BCUT2D eigenvalue weighted by Gasteiger charge is -2.25. The molecule has 0 aliphatic heterocycles. The van der Waals surface area contributed by atoms with E-state index in [-0.39, 0.29) is 11.9 Å². The van der Waals surface area contributed by atoms with E-state index in [2.05, 4.69) is 5.10 Å². The van der Waals surface area contributed by atoms with Gasteiger partial charge in [0.2, 0.25) is 0 Å². The van der Waals surface area contributed by atoms with E-state index in [0.717, 1.165) is 5.56 Å². The van der Waals surface area contributed by atoms with Crippen molar-refractivity contribution in [2.45, 2.75) is 19.9 Å². The Bertz CT molecular complexity index is 615. The molecule has 2 rings (SSSR count). The SMILES string of the molecule is Cc1ccc(C(C)N(C)C(=O)c2nn(C)cc2N)cc1. The van der Waals surface area contributed by atoms with Crippen molar-refractivity contribution < 1.29 is 4.79 Å². The number of hydrogen-bond acceptors (Lipinski definition) is 3. The maximum atomic E-state index is 12.4. The van der Waals surface area contributed by atoms with Gasteiger partial charge in [0.05, 0.1) is 11.7 Å². The molecule has 0 bridgehead atoms. The molecule has 0 saturated carbocycles. The predicted molar refractivity (Wildman–Crippen MR) is 79.3 cm³/mol. The average molecular weight is 272 g/mol. The molecule has 1 atom stereocenters. The first-order valence-corrected chi connectivity index (χ1v) is 6.53. The monoisotopic (exact) mass is 272 g/mol. The van der Waals surface area contributed by atoms with Crippen LogP contribution in [0.25, 0.3) is 0 Å². The van der Waals surface area contributed by atoms with Crippen LogP contribution in [0.3, 0.4) is 0 Å². The van der Waals surface area contributed by atoms with E-state index in [1.54, 1.807) is 29.9 Å². The van der Waals surface area contributed by atoms with Crippen LogP contribution in [0.2, 0.25) is 0 Å². The summed E-state index contributed by atoms with van der Waals surface area (Å²) in [5.74, 6) is -0.170. The summed E-state index contributed by atoms with van der Waals surface area (Å²) in [5.41, 5.74) is 8.79. The van der Waals surface area contributed by atoms with Gasteiger partial charge in [0.25, 0.3) is 5.91 Å². The zero-order valence-corrected chi connectivity index (χ0v) is 12.3. The first-order valence-electron chi connectivity index (χ1n) is 6.53. The van der Waals surface area contributed by atoms with Gasteiger partial charge in [-0.15, -0.1) is 0 Å². The van der Waals surface area contributed by atoms with Crippen molar-refractivity contribution in [1.29, 1.82) is 0 Å². The summed E-state index contributed by atoms with van der Waals surface area (Å²) in [6.07, 6.45) is 1.64. The van der Waals surface area contributed by atoms with Crippen molar-refractivity contribution in [2.75, 3.05) is 12.8 Å². The molecule has 1 amide bonds. The van der Waals surface area contributed by atoms with Gasteiger partial charge in [0, 0.05) is 20.3 Å². The fourth-order valence-electron chi connectivity index (χ4n) is 2.08. The highest BCUT2D eigenvalue weighted by molar-refractivity contribution is 5.97. The molecule has 0 fully saturated rings. The standard InChI is InChI=1S/C15H20N4O/c1-10-5-7-12(8-6-10)11(2)19(4)15(20)14-13(16)9-18(3)17-14/h5-9,11H,16H2,1-4H3. The number of aromatic nitrogens is 2. The van der Waals surface area contributed by atoms with E-state index in [9.17, 15) is 4.79 Å². The van der Waals surface area contributed by atoms with Crippen molar-refractivity contribution in [3.05, 3.63) is 47.3 Å². The Morgan fingerprint density at radius 2 is 1.95 bits per heavy atom. The average Bonchev–Trinajstić information content (AvgIpc) is 2.76. The number of carbonyl (C=O) groups excluding carboxylic acids is 1. The summed E-state index contributed by atoms with van der Waals surface area (Å²) in [7, 11) is 3.51. The summed E-state index contributed by atoms with van der Waals surface area (Å²) in [5, 5.41) is 4.12. The first-order chi connectivity index (χ1) is 9.40. The molecule has 106 valence electrons. The quantitative estimate of drug-likeness (QED) is 0.931. The molecule has 5 nitrogen and oxygen atoms in total. The molecule has 0 aliphatic carbocycles. The van der Waals surface area contributed by atoms with E-state index < -0.39 is 0 Å². The smallest absolute Gasteiger partial charge is 0.276 e. The highest BCUT2D eigenvalue weighted by Gasteiger charge is 2.23. The highest BCUT2D eigenvalue weighted by atomic mass is 16.2. The number of nitrogen functional groups attached to an aromatic ring is 1. The Morgan fingerprint density at radius 1 is 1.35 bits per heavy atom. The lowest BCUT2D eigenvalue weighted by molar-refractivity contribution is 0.0737. The van der Waals surface area contributed by atoms with Crippen LogP contribution in [0.5, 0.6) is 0 Å². The van der Waals surface area contributed by atoms with Gasteiger partial charge >= 0.3 is 0 Å². The largest absolute Gasteiger partial charge is 0.396 e. The zero-order valence-electron chi connectivity index (χ0n) is 12.3. The van der Waals surface area contributed by atoms with Crippen LogP contribution in [0.15, 0.2) is 30.5 Å². The predicted octanol–water partition coefficient (Wildman–Crippen LogP) is 2.14. The summed E-state index contributed by atoms with van der Waals surface area (Å²) < 4.78 is 1.55. The highest BCUT2D eigenvalue weighted by Crippen LogP contribution is 2.22. The van der Waals surface area contributed by atoms with Crippen LogP contribution in [0.4, 0.5) is 5.69 Å². The Morgan fingerprint density at radius 3 is 2.45 bits per heavy atom.